The molecule has 8 heteroatoms. The van der Waals surface area contributed by atoms with E-state index in [0.717, 1.165) is 5.39 Å². The molecule has 0 amide bonds. The first-order valence-corrected chi connectivity index (χ1v) is 6.22. The molecular formula is C13H12N4O4. The van der Waals surface area contributed by atoms with Crippen LogP contribution in [0.3, 0.4) is 0 Å². The number of H-pyrrole nitrogens is 1. The maximum Gasteiger partial charge on any atom is 0.347 e. The van der Waals surface area contributed by atoms with Crippen LogP contribution in [0.25, 0.3) is 22.4 Å². The number of nitrogens with zero attached hydrogens (tertiary/aromatic N) is 3. The normalized spacial score (nSPS) is 10.9. The van der Waals surface area contributed by atoms with Crippen LogP contribution < -0.4 is 10.4 Å². The van der Waals surface area contributed by atoms with E-state index in [4.69, 9.17) is 13.9 Å². The average Bonchev–Trinajstić information content (AvgIpc) is 3.01. The summed E-state index contributed by atoms with van der Waals surface area (Å²) in [5.41, 5.74) is 0.111. The fourth-order valence-electron chi connectivity index (χ4n) is 1.90. The molecule has 0 saturated carbocycles. The Bertz CT molecular complexity index is 798. The lowest BCUT2D eigenvalue weighted by Gasteiger charge is -2.07. The molecule has 2 heterocycles. The fourth-order valence-corrected chi connectivity index (χ4v) is 1.90. The summed E-state index contributed by atoms with van der Waals surface area (Å²) in [4.78, 5) is 12.1. The van der Waals surface area contributed by atoms with Crippen LogP contribution in [-0.4, -0.2) is 40.9 Å². The quantitative estimate of drug-likeness (QED) is 0.551. The highest BCUT2D eigenvalue weighted by Gasteiger charge is 2.13. The summed E-state index contributed by atoms with van der Waals surface area (Å²) in [6.45, 7) is 0.815. The Morgan fingerprint density at radius 3 is 3.00 bits per heavy atom. The molecule has 8 nitrogen and oxygen atoms in total. The van der Waals surface area contributed by atoms with Gasteiger partial charge in [0.15, 0.2) is 17.2 Å². The number of aromatic nitrogens is 4. The van der Waals surface area contributed by atoms with Crippen molar-refractivity contribution >= 4 is 11.0 Å². The van der Waals surface area contributed by atoms with Gasteiger partial charge < -0.3 is 13.9 Å². The second kappa shape index (κ2) is 5.71. The van der Waals surface area contributed by atoms with Gasteiger partial charge in [-0.1, -0.05) is 12.1 Å². The van der Waals surface area contributed by atoms with Crippen molar-refractivity contribution in [3.8, 4) is 17.1 Å². The van der Waals surface area contributed by atoms with Gasteiger partial charge in [-0.25, -0.2) is 9.89 Å². The lowest BCUT2D eigenvalue weighted by molar-refractivity contribution is 0.146. The van der Waals surface area contributed by atoms with Gasteiger partial charge in [-0.2, -0.15) is 0 Å². The number of rotatable bonds is 5. The van der Waals surface area contributed by atoms with E-state index in [2.05, 4.69) is 20.6 Å². The standard InChI is InChI=1S/C13H12N4O4/c1-19-5-6-20-10-4-2-3-8-7-9(12-14-16-17-15-12)13(18)21-11(8)10/h2-4,7H,5-6H2,1H3,(H,14,15,16,17). The number of ether oxygens (including phenoxy) is 2. The predicted octanol–water partition coefficient (Wildman–Crippen LogP) is 0.998. The Morgan fingerprint density at radius 2 is 2.24 bits per heavy atom. The summed E-state index contributed by atoms with van der Waals surface area (Å²) in [6.07, 6.45) is 0. The van der Waals surface area contributed by atoms with Crippen molar-refractivity contribution in [2.45, 2.75) is 0 Å². The molecule has 0 saturated heterocycles. The maximum absolute atomic E-state index is 12.1. The summed E-state index contributed by atoms with van der Waals surface area (Å²) < 4.78 is 15.8. The van der Waals surface area contributed by atoms with Crippen molar-refractivity contribution < 1.29 is 13.9 Å². The SMILES string of the molecule is COCCOc1cccc2cc(-c3nnn[nH]3)c(=O)oc12. The zero-order chi connectivity index (χ0) is 14.7. The third-order valence-electron chi connectivity index (χ3n) is 2.87. The molecule has 2 aromatic heterocycles. The van der Waals surface area contributed by atoms with Crippen LogP contribution >= 0.6 is 0 Å². The molecule has 108 valence electrons. The molecule has 1 N–H and O–H groups in total. The van der Waals surface area contributed by atoms with Gasteiger partial charge in [-0.3, -0.25) is 0 Å². The van der Waals surface area contributed by atoms with Crippen LogP contribution in [0, 0.1) is 0 Å². The molecule has 0 spiro atoms. The Kier molecular flexibility index (Phi) is 3.61. The maximum atomic E-state index is 12.1. The number of hydrogen-bond donors (Lipinski definition) is 1. The van der Waals surface area contributed by atoms with E-state index in [1.165, 1.54) is 0 Å². The first-order valence-electron chi connectivity index (χ1n) is 6.22. The monoisotopic (exact) mass is 288 g/mol. The van der Waals surface area contributed by atoms with Crippen molar-refractivity contribution in [3.05, 3.63) is 34.7 Å². The van der Waals surface area contributed by atoms with Crippen LogP contribution in [0.1, 0.15) is 0 Å². The summed E-state index contributed by atoms with van der Waals surface area (Å²) in [7, 11) is 1.59. The lowest BCUT2D eigenvalue weighted by atomic mass is 10.1. The van der Waals surface area contributed by atoms with E-state index >= 15 is 0 Å². The molecule has 0 unspecified atom stereocenters. The highest BCUT2D eigenvalue weighted by Crippen LogP contribution is 2.26. The second-order valence-electron chi connectivity index (χ2n) is 4.21. The average molecular weight is 288 g/mol. The van der Waals surface area contributed by atoms with E-state index in [9.17, 15) is 4.79 Å². The Labute approximate surface area is 118 Å². The molecule has 0 aliphatic rings. The topological polar surface area (TPSA) is 103 Å². The highest BCUT2D eigenvalue weighted by molar-refractivity contribution is 5.85. The van der Waals surface area contributed by atoms with Crippen LogP contribution in [0.4, 0.5) is 0 Å². The number of tetrazole rings is 1. The van der Waals surface area contributed by atoms with Gasteiger partial charge >= 0.3 is 5.63 Å². The molecule has 0 radical (unpaired) electrons. The molecule has 1 aromatic carbocycles. The van der Waals surface area contributed by atoms with Crippen molar-refractivity contribution in [2.24, 2.45) is 0 Å². The lowest BCUT2D eigenvalue weighted by Crippen LogP contribution is -2.07. The summed E-state index contributed by atoms with van der Waals surface area (Å²) in [6, 6.07) is 7.02. The largest absolute Gasteiger partial charge is 0.487 e. The fraction of sp³-hybridized carbons (Fsp3) is 0.231. The zero-order valence-corrected chi connectivity index (χ0v) is 11.2. The van der Waals surface area contributed by atoms with Gasteiger partial charge in [0, 0.05) is 12.5 Å². The molecule has 0 bridgehead atoms. The molecule has 0 atom stereocenters. The Balaban J connectivity index is 2.06. The van der Waals surface area contributed by atoms with E-state index in [0.29, 0.717) is 24.5 Å². The van der Waals surface area contributed by atoms with Crippen LogP contribution in [0.15, 0.2) is 33.5 Å². The van der Waals surface area contributed by atoms with Crippen LogP contribution in [0.5, 0.6) is 5.75 Å². The number of fused-ring (bicyclic) bond motifs is 1. The van der Waals surface area contributed by atoms with Gasteiger partial charge in [-0.05, 0) is 22.6 Å². The number of methoxy groups -OCH3 is 1. The van der Waals surface area contributed by atoms with Crippen molar-refractivity contribution in [3.63, 3.8) is 0 Å². The molecule has 0 aliphatic carbocycles. The number of hydrogen-bond acceptors (Lipinski definition) is 7. The third kappa shape index (κ3) is 2.61. The van der Waals surface area contributed by atoms with E-state index in [1.54, 1.807) is 19.2 Å². The molecule has 3 aromatic rings. The molecule has 3 rings (SSSR count). The molecule has 0 aliphatic heterocycles. The van der Waals surface area contributed by atoms with Gasteiger partial charge in [0.1, 0.15) is 12.2 Å². The molecule has 0 fully saturated rings. The van der Waals surface area contributed by atoms with E-state index < -0.39 is 5.63 Å². The van der Waals surface area contributed by atoms with Crippen LogP contribution in [0.2, 0.25) is 0 Å². The number of nitrogens with one attached hydrogen (secondary N) is 1. The summed E-state index contributed by atoms with van der Waals surface area (Å²) >= 11 is 0. The third-order valence-corrected chi connectivity index (χ3v) is 2.87. The number of benzene rings is 1. The second-order valence-corrected chi connectivity index (χ2v) is 4.21. The smallest absolute Gasteiger partial charge is 0.347 e. The minimum atomic E-state index is -0.538. The minimum Gasteiger partial charge on any atom is -0.487 e. The predicted molar refractivity (Wildman–Crippen MR) is 73.0 cm³/mol. The summed E-state index contributed by atoms with van der Waals surface area (Å²) in [5.74, 6) is 0.750. The first kappa shape index (κ1) is 13.3. The van der Waals surface area contributed by atoms with Gasteiger partial charge in [0.25, 0.3) is 0 Å². The van der Waals surface area contributed by atoms with Crippen molar-refractivity contribution in [2.75, 3.05) is 20.3 Å². The molecule has 21 heavy (non-hydrogen) atoms. The minimum absolute atomic E-state index is 0.261. The van der Waals surface area contributed by atoms with Crippen LogP contribution in [-0.2, 0) is 4.74 Å². The Hall–Kier alpha value is -2.74. The number of aromatic amines is 1. The van der Waals surface area contributed by atoms with Gasteiger partial charge in [-0.15, -0.1) is 5.10 Å². The molecular weight excluding hydrogens is 276 g/mol. The van der Waals surface area contributed by atoms with Gasteiger partial charge in [0.05, 0.1) is 6.61 Å². The van der Waals surface area contributed by atoms with E-state index in [1.807, 2.05) is 12.1 Å². The zero-order valence-electron chi connectivity index (χ0n) is 11.2. The van der Waals surface area contributed by atoms with Crippen molar-refractivity contribution in [1.29, 1.82) is 0 Å². The first-order chi connectivity index (χ1) is 10.3. The van der Waals surface area contributed by atoms with Gasteiger partial charge in [0.2, 0.25) is 0 Å². The van der Waals surface area contributed by atoms with Crippen molar-refractivity contribution in [1.82, 2.24) is 20.6 Å². The number of para-hydroxylation sites is 1. The summed E-state index contributed by atoms with van der Waals surface area (Å²) in [5, 5.41) is 13.9. The Morgan fingerprint density at radius 1 is 1.33 bits per heavy atom. The highest BCUT2D eigenvalue weighted by atomic mass is 16.5. The van der Waals surface area contributed by atoms with E-state index in [-0.39, 0.29) is 11.4 Å².